The summed E-state index contributed by atoms with van der Waals surface area (Å²) in [5.41, 5.74) is 7.06. The fourth-order valence-electron chi connectivity index (χ4n) is 2.23. The lowest BCUT2D eigenvalue weighted by Gasteiger charge is -2.34. The van der Waals surface area contributed by atoms with Crippen LogP contribution in [-0.4, -0.2) is 27.5 Å². The normalized spacial score (nSPS) is 21.9. The summed E-state index contributed by atoms with van der Waals surface area (Å²) in [5, 5.41) is 0. The van der Waals surface area contributed by atoms with Crippen molar-refractivity contribution in [2.45, 2.75) is 31.8 Å². The predicted molar refractivity (Wildman–Crippen MR) is 69.1 cm³/mol. The Morgan fingerprint density at radius 2 is 2.19 bits per heavy atom. The van der Waals surface area contributed by atoms with Gasteiger partial charge in [-0.15, -0.1) is 0 Å². The maximum Gasteiger partial charge on any atom is 0.0902 e. The second-order valence-electron chi connectivity index (χ2n) is 4.24. The molecule has 0 amide bonds. The summed E-state index contributed by atoms with van der Waals surface area (Å²) >= 11 is 5.13. The van der Waals surface area contributed by atoms with E-state index in [1.807, 2.05) is 24.5 Å². The lowest BCUT2D eigenvalue weighted by Crippen LogP contribution is -2.46. The highest BCUT2D eigenvalue weighted by molar-refractivity contribution is 7.80. The summed E-state index contributed by atoms with van der Waals surface area (Å²) in [7, 11) is 0. The Hall–Kier alpha value is -1.00. The molecule has 0 saturated carbocycles. The third-order valence-corrected chi connectivity index (χ3v) is 3.35. The van der Waals surface area contributed by atoms with Crippen LogP contribution in [0.25, 0.3) is 0 Å². The maximum absolute atomic E-state index is 5.79. The van der Waals surface area contributed by atoms with Crippen LogP contribution >= 0.6 is 12.2 Å². The van der Waals surface area contributed by atoms with E-state index in [1.54, 1.807) is 0 Å². The monoisotopic (exact) mass is 235 g/mol. The molecule has 2 heterocycles. The molecule has 2 rings (SSSR count). The third kappa shape index (κ3) is 2.77. The quantitative estimate of drug-likeness (QED) is 0.810. The number of rotatable bonds is 3. The Bertz CT molecular complexity index is 353. The van der Waals surface area contributed by atoms with E-state index in [0.29, 0.717) is 4.99 Å². The summed E-state index contributed by atoms with van der Waals surface area (Å²) in [5.74, 6) is 0. The molecular formula is C12H17N3S. The van der Waals surface area contributed by atoms with Gasteiger partial charge in [-0.3, -0.25) is 9.88 Å². The largest absolute Gasteiger partial charge is 0.392 e. The Labute approximate surface area is 102 Å². The summed E-state index contributed by atoms with van der Waals surface area (Å²) in [6.07, 6.45) is 7.23. The van der Waals surface area contributed by atoms with E-state index >= 15 is 0 Å². The zero-order valence-corrected chi connectivity index (χ0v) is 10.1. The van der Waals surface area contributed by atoms with Gasteiger partial charge < -0.3 is 5.73 Å². The van der Waals surface area contributed by atoms with Gasteiger partial charge in [-0.05, 0) is 37.1 Å². The summed E-state index contributed by atoms with van der Waals surface area (Å²) < 4.78 is 0. The predicted octanol–water partition coefficient (Wildman–Crippen LogP) is 1.72. The number of aromatic nitrogens is 1. The molecule has 0 spiro atoms. The number of pyridine rings is 1. The van der Waals surface area contributed by atoms with Gasteiger partial charge in [0.05, 0.1) is 11.0 Å². The van der Waals surface area contributed by atoms with E-state index in [2.05, 4.69) is 9.88 Å². The van der Waals surface area contributed by atoms with Gasteiger partial charge in [0.1, 0.15) is 0 Å². The minimum atomic E-state index is 0.275. The van der Waals surface area contributed by atoms with Gasteiger partial charge in [0.25, 0.3) is 0 Å². The molecule has 0 aromatic carbocycles. The summed E-state index contributed by atoms with van der Waals surface area (Å²) in [6, 6.07) is 4.37. The first-order valence-corrected chi connectivity index (χ1v) is 6.10. The van der Waals surface area contributed by atoms with Crippen LogP contribution in [0.5, 0.6) is 0 Å². The average Bonchev–Trinajstić information content (AvgIpc) is 2.31. The highest BCUT2D eigenvalue weighted by Gasteiger charge is 2.24. The molecule has 0 aliphatic carbocycles. The van der Waals surface area contributed by atoms with Crippen molar-refractivity contribution in [2.24, 2.45) is 5.73 Å². The van der Waals surface area contributed by atoms with E-state index in [4.69, 9.17) is 18.0 Å². The lowest BCUT2D eigenvalue weighted by molar-refractivity contribution is 0.184. The van der Waals surface area contributed by atoms with Crippen molar-refractivity contribution in [3.8, 4) is 0 Å². The van der Waals surface area contributed by atoms with Gasteiger partial charge >= 0.3 is 0 Å². The van der Waals surface area contributed by atoms with Gasteiger partial charge in [0.2, 0.25) is 0 Å². The molecule has 1 aromatic heterocycles. The van der Waals surface area contributed by atoms with Gasteiger partial charge in [-0.25, -0.2) is 0 Å². The van der Waals surface area contributed by atoms with E-state index in [9.17, 15) is 0 Å². The highest BCUT2D eigenvalue weighted by Crippen LogP contribution is 2.19. The SMILES string of the molecule is NC(=S)C1CCCCN1Cc1ccncc1. The fourth-order valence-corrected chi connectivity index (χ4v) is 2.49. The number of piperidine rings is 1. The van der Waals surface area contributed by atoms with Crippen molar-refractivity contribution < 1.29 is 0 Å². The molecule has 3 nitrogen and oxygen atoms in total. The van der Waals surface area contributed by atoms with Crippen LogP contribution in [-0.2, 0) is 6.54 Å². The third-order valence-electron chi connectivity index (χ3n) is 3.08. The average molecular weight is 235 g/mol. The van der Waals surface area contributed by atoms with E-state index < -0.39 is 0 Å². The first-order valence-electron chi connectivity index (χ1n) is 5.69. The molecule has 1 aliphatic rings. The van der Waals surface area contributed by atoms with Crippen molar-refractivity contribution in [1.29, 1.82) is 0 Å². The second kappa shape index (κ2) is 5.37. The smallest absolute Gasteiger partial charge is 0.0902 e. The molecular weight excluding hydrogens is 218 g/mol. The van der Waals surface area contributed by atoms with Crippen LogP contribution in [0.4, 0.5) is 0 Å². The number of likely N-dealkylation sites (tertiary alicyclic amines) is 1. The van der Waals surface area contributed by atoms with Gasteiger partial charge in [-0.1, -0.05) is 18.6 Å². The molecule has 1 saturated heterocycles. The molecule has 1 aliphatic heterocycles. The van der Waals surface area contributed by atoms with E-state index in [0.717, 1.165) is 19.5 Å². The standard InChI is InChI=1S/C12H17N3S/c13-12(16)11-3-1-2-8-15(11)9-10-4-6-14-7-5-10/h4-7,11H,1-3,8-9H2,(H2,13,16). The zero-order chi connectivity index (χ0) is 11.4. The molecule has 1 unspecified atom stereocenters. The minimum Gasteiger partial charge on any atom is -0.392 e. The van der Waals surface area contributed by atoms with Crippen LogP contribution in [0, 0.1) is 0 Å². The van der Waals surface area contributed by atoms with Gasteiger partial charge in [0.15, 0.2) is 0 Å². The first-order chi connectivity index (χ1) is 7.77. The maximum atomic E-state index is 5.79. The summed E-state index contributed by atoms with van der Waals surface area (Å²) in [6.45, 7) is 2.01. The topological polar surface area (TPSA) is 42.1 Å². The molecule has 1 aromatic rings. The van der Waals surface area contributed by atoms with Gasteiger partial charge in [-0.2, -0.15) is 0 Å². The highest BCUT2D eigenvalue weighted by atomic mass is 32.1. The van der Waals surface area contributed by atoms with Crippen molar-refractivity contribution in [2.75, 3.05) is 6.54 Å². The minimum absolute atomic E-state index is 0.275. The van der Waals surface area contributed by atoms with Gasteiger partial charge in [0, 0.05) is 18.9 Å². The van der Waals surface area contributed by atoms with Crippen LogP contribution in [0.2, 0.25) is 0 Å². The number of hydrogen-bond acceptors (Lipinski definition) is 3. The van der Waals surface area contributed by atoms with E-state index in [-0.39, 0.29) is 6.04 Å². The Balaban J connectivity index is 2.04. The molecule has 4 heteroatoms. The molecule has 86 valence electrons. The molecule has 16 heavy (non-hydrogen) atoms. The van der Waals surface area contributed by atoms with Crippen molar-refractivity contribution in [3.05, 3.63) is 30.1 Å². The van der Waals surface area contributed by atoms with Crippen LogP contribution < -0.4 is 5.73 Å². The Kier molecular flexibility index (Phi) is 3.85. The first kappa shape index (κ1) is 11.5. The summed E-state index contributed by atoms with van der Waals surface area (Å²) in [4.78, 5) is 7.03. The number of nitrogens with two attached hydrogens (primary N) is 1. The molecule has 1 atom stereocenters. The van der Waals surface area contributed by atoms with E-state index in [1.165, 1.54) is 18.4 Å². The number of nitrogens with zero attached hydrogens (tertiary/aromatic N) is 2. The fraction of sp³-hybridized carbons (Fsp3) is 0.500. The van der Waals surface area contributed by atoms with Crippen molar-refractivity contribution in [1.82, 2.24) is 9.88 Å². The Morgan fingerprint density at radius 1 is 1.44 bits per heavy atom. The zero-order valence-electron chi connectivity index (χ0n) is 9.30. The molecule has 1 fully saturated rings. The van der Waals surface area contributed by atoms with Crippen LogP contribution in [0.3, 0.4) is 0 Å². The van der Waals surface area contributed by atoms with Crippen LogP contribution in [0.15, 0.2) is 24.5 Å². The number of thiocarbonyl (C=S) groups is 1. The molecule has 2 N–H and O–H groups in total. The van der Waals surface area contributed by atoms with Crippen molar-refractivity contribution >= 4 is 17.2 Å². The lowest BCUT2D eigenvalue weighted by atomic mass is 10.0. The molecule has 0 bridgehead atoms. The Morgan fingerprint density at radius 3 is 2.88 bits per heavy atom. The second-order valence-corrected chi connectivity index (χ2v) is 4.71. The number of hydrogen-bond donors (Lipinski definition) is 1. The molecule has 0 radical (unpaired) electrons. The van der Waals surface area contributed by atoms with Crippen LogP contribution in [0.1, 0.15) is 24.8 Å². The van der Waals surface area contributed by atoms with Crippen molar-refractivity contribution in [3.63, 3.8) is 0 Å².